The zero-order valence-electron chi connectivity index (χ0n) is 12.0. The van der Waals surface area contributed by atoms with Crippen molar-refractivity contribution < 1.29 is 13.6 Å². The van der Waals surface area contributed by atoms with Gasteiger partial charge in [-0.1, -0.05) is 13.3 Å². The molecular weight excluding hydrogens is 284 g/mol. The molecule has 0 unspecified atom stereocenters. The maximum Gasteiger partial charge on any atom is 0.233 e. The third-order valence-corrected chi connectivity index (χ3v) is 3.76. The Balaban J connectivity index is 3.15. The molecule has 1 aromatic carbocycles. The van der Waals surface area contributed by atoms with Gasteiger partial charge in [0.25, 0.3) is 0 Å². The smallest absolute Gasteiger partial charge is 0.233 e. The SMILES string of the molecule is CCCCN(C(=O)C(C)(C)CCl)c1ccc(F)cc1F. The zero-order valence-corrected chi connectivity index (χ0v) is 12.8. The van der Waals surface area contributed by atoms with E-state index in [1.54, 1.807) is 13.8 Å². The average Bonchev–Trinajstić information content (AvgIpc) is 2.40. The van der Waals surface area contributed by atoms with Gasteiger partial charge in [0.15, 0.2) is 0 Å². The Kier molecular flexibility index (Phi) is 5.93. The topological polar surface area (TPSA) is 20.3 Å². The molecule has 0 saturated carbocycles. The first-order valence-corrected chi connectivity index (χ1v) is 7.20. The summed E-state index contributed by atoms with van der Waals surface area (Å²) in [7, 11) is 0. The number of nitrogens with zero attached hydrogens (tertiary/aromatic N) is 1. The third-order valence-electron chi connectivity index (χ3n) is 3.09. The molecule has 0 aliphatic rings. The third kappa shape index (κ3) is 3.92. The summed E-state index contributed by atoms with van der Waals surface area (Å²) in [5, 5.41) is 0. The molecule has 0 aliphatic heterocycles. The molecule has 0 saturated heterocycles. The van der Waals surface area contributed by atoms with Crippen molar-refractivity contribution in [2.24, 2.45) is 5.41 Å². The number of unbranched alkanes of at least 4 members (excludes halogenated alkanes) is 1. The predicted molar refractivity (Wildman–Crippen MR) is 78.1 cm³/mol. The molecular formula is C15H20ClF2NO. The maximum atomic E-state index is 13.9. The zero-order chi connectivity index (χ0) is 15.3. The van der Waals surface area contributed by atoms with Gasteiger partial charge in [0.2, 0.25) is 5.91 Å². The number of hydrogen-bond acceptors (Lipinski definition) is 1. The summed E-state index contributed by atoms with van der Waals surface area (Å²) in [6, 6.07) is 3.23. The maximum absolute atomic E-state index is 13.9. The lowest BCUT2D eigenvalue weighted by Gasteiger charge is -2.31. The molecule has 0 radical (unpaired) electrons. The summed E-state index contributed by atoms with van der Waals surface area (Å²) in [6.45, 7) is 5.79. The molecule has 1 rings (SSSR count). The predicted octanol–water partition coefficient (Wildman–Crippen LogP) is 4.36. The van der Waals surface area contributed by atoms with Crippen LogP contribution in [-0.4, -0.2) is 18.3 Å². The molecule has 0 N–H and O–H groups in total. The van der Waals surface area contributed by atoms with Crippen molar-refractivity contribution in [2.45, 2.75) is 33.6 Å². The normalized spacial score (nSPS) is 11.5. The molecule has 0 aliphatic carbocycles. The molecule has 2 nitrogen and oxygen atoms in total. The molecule has 0 bridgehead atoms. The van der Waals surface area contributed by atoms with E-state index in [-0.39, 0.29) is 17.5 Å². The van der Waals surface area contributed by atoms with Crippen LogP contribution in [0.3, 0.4) is 0 Å². The van der Waals surface area contributed by atoms with Gasteiger partial charge in [0, 0.05) is 18.5 Å². The highest BCUT2D eigenvalue weighted by Gasteiger charge is 2.32. The molecule has 20 heavy (non-hydrogen) atoms. The molecule has 112 valence electrons. The highest BCUT2D eigenvalue weighted by molar-refractivity contribution is 6.20. The minimum absolute atomic E-state index is 0.100. The van der Waals surface area contributed by atoms with Crippen LogP contribution in [-0.2, 0) is 4.79 Å². The fraction of sp³-hybridized carbons (Fsp3) is 0.533. The van der Waals surface area contributed by atoms with Crippen molar-refractivity contribution in [3.8, 4) is 0 Å². The Morgan fingerprint density at radius 3 is 2.50 bits per heavy atom. The van der Waals surface area contributed by atoms with E-state index < -0.39 is 17.0 Å². The second kappa shape index (κ2) is 7.02. The number of alkyl halides is 1. The number of hydrogen-bond donors (Lipinski definition) is 0. The Labute approximate surface area is 123 Å². The number of carbonyl (C=O) groups excluding carboxylic acids is 1. The molecule has 0 spiro atoms. The van der Waals surface area contributed by atoms with Crippen LogP contribution >= 0.6 is 11.6 Å². The second-order valence-electron chi connectivity index (χ2n) is 5.42. The summed E-state index contributed by atoms with van der Waals surface area (Å²) in [5.74, 6) is -1.52. The van der Waals surface area contributed by atoms with Gasteiger partial charge in [0.1, 0.15) is 11.6 Å². The van der Waals surface area contributed by atoms with Crippen LogP contribution in [0.15, 0.2) is 18.2 Å². The van der Waals surface area contributed by atoms with E-state index >= 15 is 0 Å². The van der Waals surface area contributed by atoms with E-state index in [4.69, 9.17) is 11.6 Å². The highest BCUT2D eigenvalue weighted by Crippen LogP contribution is 2.27. The van der Waals surface area contributed by atoms with Gasteiger partial charge in [-0.3, -0.25) is 4.79 Å². The fourth-order valence-corrected chi connectivity index (χ4v) is 1.88. The number of benzene rings is 1. The van der Waals surface area contributed by atoms with Crippen molar-refractivity contribution in [3.63, 3.8) is 0 Å². The van der Waals surface area contributed by atoms with Gasteiger partial charge in [-0.2, -0.15) is 0 Å². The van der Waals surface area contributed by atoms with Crippen molar-refractivity contribution in [1.29, 1.82) is 0 Å². The first-order valence-electron chi connectivity index (χ1n) is 6.66. The van der Waals surface area contributed by atoms with E-state index in [0.29, 0.717) is 6.54 Å². The molecule has 0 atom stereocenters. The molecule has 0 heterocycles. The molecule has 1 amide bonds. The first kappa shape index (κ1) is 16.9. The summed E-state index contributed by atoms with van der Waals surface area (Å²) in [4.78, 5) is 13.9. The fourth-order valence-electron chi connectivity index (χ4n) is 1.77. The van der Waals surface area contributed by atoms with Gasteiger partial charge >= 0.3 is 0 Å². The van der Waals surface area contributed by atoms with Crippen molar-refractivity contribution in [2.75, 3.05) is 17.3 Å². The van der Waals surface area contributed by atoms with Crippen LogP contribution in [0, 0.1) is 17.0 Å². The summed E-state index contributed by atoms with van der Waals surface area (Å²) < 4.78 is 26.9. The Bertz CT molecular complexity index is 477. The Morgan fingerprint density at radius 2 is 2.00 bits per heavy atom. The van der Waals surface area contributed by atoms with Crippen molar-refractivity contribution in [1.82, 2.24) is 0 Å². The van der Waals surface area contributed by atoms with Gasteiger partial charge in [-0.05, 0) is 32.4 Å². The summed E-state index contributed by atoms with van der Waals surface area (Å²) >= 11 is 5.82. The van der Waals surface area contributed by atoms with Gasteiger partial charge < -0.3 is 4.90 Å². The summed E-state index contributed by atoms with van der Waals surface area (Å²) in [6.07, 6.45) is 1.61. The van der Waals surface area contributed by atoms with E-state index in [0.717, 1.165) is 25.0 Å². The van der Waals surface area contributed by atoms with Crippen LogP contribution in [0.5, 0.6) is 0 Å². The number of anilines is 1. The van der Waals surface area contributed by atoms with Gasteiger partial charge in [0.05, 0.1) is 11.1 Å². The van der Waals surface area contributed by atoms with E-state index in [1.807, 2.05) is 6.92 Å². The second-order valence-corrected chi connectivity index (χ2v) is 5.69. The molecule has 0 fully saturated rings. The summed E-state index contributed by atoms with van der Waals surface area (Å²) in [5.41, 5.74) is -0.695. The molecule has 0 aromatic heterocycles. The lowest BCUT2D eigenvalue weighted by Crippen LogP contribution is -2.43. The number of amides is 1. The largest absolute Gasteiger partial charge is 0.309 e. The van der Waals surface area contributed by atoms with Crippen molar-refractivity contribution >= 4 is 23.2 Å². The average molecular weight is 304 g/mol. The van der Waals surface area contributed by atoms with Gasteiger partial charge in [-0.15, -0.1) is 11.6 Å². The first-order chi connectivity index (χ1) is 9.33. The monoisotopic (exact) mass is 303 g/mol. The molecule has 1 aromatic rings. The minimum Gasteiger partial charge on any atom is -0.309 e. The lowest BCUT2D eigenvalue weighted by atomic mass is 9.93. The number of rotatable bonds is 6. The molecule has 5 heteroatoms. The standard InChI is InChI=1S/C15H20ClF2NO/c1-4-5-8-19(14(20)15(2,3)10-16)13-7-6-11(17)9-12(13)18/h6-7,9H,4-5,8,10H2,1-3H3. The van der Waals surface area contributed by atoms with E-state index in [9.17, 15) is 13.6 Å². The van der Waals surface area contributed by atoms with Crippen LogP contribution in [0.1, 0.15) is 33.6 Å². The van der Waals surface area contributed by atoms with Gasteiger partial charge in [-0.25, -0.2) is 8.78 Å². The van der Waals surface area contributed by atoms with Crippen LogP contribution in [0.4, 0.5) is 14.5 Å². The van der Waals surface area contributed by atoms with Crippen molar-refractivity contribution in [3.05, 3.63) is 29.8 Å². The quantitative estimate of drug-likeness (QED) is 0.715. The Hall–Kier alpha value is -1.16. The Morgan fingerprint density at radius 1 is 1.35 bits per heavy atom. The minimum atomic E-state index is -0.796. The lowest BCUT2D eigenvalue weighted by molar-refractivity contribution is -0.125. The van der Waals surface area contributed by atoms with E-state index in [2.05, 4.69) is 0 Å². The van der Waals surface area contributed by atoms with Crippen LogP contribution in [0.25, 0.3) is 0 Å². The van der Waals surface area contributed by atoms with E-state index in [1.165, 1.54) is 11.0 Å². The highest BCUT2D eigenvalue weighted by atomic mass is 35.5. The van der Waals surface area contributed by atoms with Crippen LogP contribution < -0.4 is 4.90 Å². The number of carbonyl (C=O) groups is 1. The van der Waals surface area contributed by atoms with Crippen LogP contribution in [0.2, 0.25) is 0 Å². The number of halogens is 3.